The fourth-order valence-electron chi connectivity index (χ4n) is 4.98. The quantitative estimate of drug-likeness (QED) is 0.488. The van der Waals surface area contributed by atoms with Crippen molar-refractivity contribution in [2.45, 2.75) is 62.3 Å². The average molecular weight is 532 g/mol. The van der Waals surface area contributed by atoms with Crippen LogP contribution in [0.5, 0.6) is 0 Å². The zero-order valence-corrected chi connectivity index (χ0v) is 21.5. The molecule has 1 fully saturated rings. The van der Waals surface area contributed by atoms with Crippen LogP contribution in [0.3, 0.4) is 0 Å². The van der Waals surface area contributed by atoms with Crippen molar-refractivity contribution in [1.29, 1.82) is 0 Å². The second-order valence-corrected chi connectivity index (χ2v) is 12.7. The summed E-state index contributed by atoms with van der Waals surface area (Å²) in [5.41, 5.74) is -0.193. The molecule has 0 radical (unpaired) electrons. The van der Waals surface area contributed by atoms with E-state index < -0.39 is 26.2 Å². The first-order chi connectivity index (χ1) is 17.0. The second-order valence-electron chi connectivity index (χ2n) is 9.99. The van der Waals surface area contributed by atoms with Gasteiger partial charge < -0.3 is 10.4 Å². The molecule has 190 valence electrons. The Labute approximate surface area is 214 Å². The smallest absolute Gasteiger partial charge is 0.249 e. The lowest BCUT2D eigenvalue weighted by atomic mass is 9.83. The van der Waals surface area contributed by atoms with Gasteiger partial charge in [-0.2, -0.15) is 0 Å². The van der Waals surface area contributed by atoms with E-state index in [1.165, 1.54) is 18.5 Å². The van der Waals surface area contributed by atoms with Gasteiger partial charge in [-0.3, -0.25) is 0 Å². The number of fused-ring (bicyclic) bond motifs is 1. The molecule has 0 spiro atoms. The molecule has 2 unspecified atom stereocenters. The lowest BCUT2D eigenvalue weighted by Crippen LogP contribution is -2.38. The molecule has 2 N–H and O–H groups in total. The molecule has 3 heterocycles. The molecule has 2 aliphatic rings. The number of aromatic nitrogens is 4. The van der Waals surface area contributed by atoms with E-state index in [2.05, 4.69) is 20.3 Å². The molecule has 0 amide bonds. The molecule has 0 bridgehead atoms. The van der Waals surface area contributed by atoms with Crippen molar-refractivity contribution >= 4 is 38.5 Å². The predicted octanol–water partition coefficient (Wildman–Crippen LogP) is 4.76. The van der Waals surface area contributed by atoms with Gasteiger partial charge >= 0.3 is 0 Å². The molecule has 8 nitrogen and oxygen atoms in total. The summed E-state index contributed by atoms with van der Waals surface area (Å²) in [7, 11) is -3.99. The van der Waals surface area contributed by atoms with Crippen molar-refractivity contribution in [1.82, 2.24) is 18.9 Å². The molecule has 0 aliphatic heterocycles. The predicted molar refractivity (Wildman–Crippen MR) is 138 cm³/mol. The Morgan fingerprint density at radius 3 is 2.86 bits per heavy atom. The minimum Gasteiger partial charge on any atom is -0.390 e. The highest BCUT2D eigenvalue weighted by Gasteiger charge is 2.40. The number of anilines is 1. The molecular formula is C25H27ClFN5O3S. The minimum absolute atomic E-state index is 0.00874. The van der Waals surface area contributed by atoms with Crippen LogP contribution in [-0.2, 0) is 10.0 Å². The van der Waals surface area contributed by atoms with E-state index in [1.807, 2.05) is 0 Å². The molecule has 3 atom stereocenters. The minimum atomic E-state index is -3.99. The summed E-state index contributed by atoms with van der Waals surface area (Å²) in [6.07, 6.45) is 11.9. The number of rotatable bonds is 5. The summed E-state index contributed by atoms with van der Waals surface area (Å²) in [6, 6.07) is 3.27. The number of nitrogens with one attached hydrogen (secondary N) is 1. The Balaban J connectivity index is 1.58. The van der Waals surface area contributed by atoms with Crippen molar-refractivity contribution in [3.63, 3.8) is 0 Å². The third-order valence-corrected chi connectivity index (χ3v) is 9.40. The number of hydrogen-bond acceptors (Lipinski definition) is 7. The van der Waals surface area contributed by atoms with E-state index in [1.54, 1.807) is 38.1 Å². The van der Waals surface area contributed by atoms with Gasteiger partial charge in [0.25, 0.3) is 0 Å². The van der Waals surface area contributed by atoms with Crippen LogP contribution in [-0.4, -0.2) is 48.8 Å². The SMILES string of the molecule is CC1(O)CCC[C@H](Nc2nc(-c3cn(S(=O)(=O)C4(C)C=C(Cl)C=CC4)c4ncccc34)ncc2F)C1. The first kappa shape index (κ1) is 24.9. The van der Waals surface area contributed by atoms with Crippen molar-refractivity contribution in [3.8, 4) is 11.4 Å². The van der Waals surface area contributed by atoms with Crippen molar-refractivity contribution in [2.75, 3.05) is 5.32 Å². The third-order valence-electron chi connectivity index (χ3n) is 6.90. The number of halogens is 2. The fourth-order valence-corrected chi connectivity index (χ4v) is 7.02. The number of nitrogens with zero attached hydrogens (tertiary/aromatic N) is 4. The molecule has 11 heteroatoms. The van der Waals surface area contributed by atoms with Gasteiger partial charge in [0, 0.05) is 34.4 Å². The Morgan fingerprint density at radius 2 is 2.11 bits per heavy atom. The number of aliphatic hydroxyl groups is 1. The van der Waals surface area contributed by atoms with Crippen LogP contribution >= 0.6 is 11.6 Å². The van der Waals surface area contributed by atoms with Gasteiger partial charge in [-0.15, -0.1) is 0 Å². The maximum absolute atomic E-state index is 14.7. The largest absolute Gasteiger partial charge is 0.390 e. The van der Waals surface area contributed by atoms with Crippen LogP contribution in [0.4, 0.5) is 10.2 Å². The molecule has 1 saturated carbocycles. The Kier molecular flexibility index (Phi) is 6.17. The van der Waals surface area contributed by atoms with E-state index in [-0.39, 0.29) is 29.8 Å². The van der Waals surface area contributed by atoms with Crippen molar-refractivity contribution in [2.24, 2.45) is 0 Å². The van der Waals surface area contributed by atoms with E-state index in [9.17, 15) is 17.9 Å². The molecule has 3 aromatic heterocycles. The maximum Gasteiger partial charge on any atom is 0.249 e. The van der Waals surface area contributed by atoms with Crippen LogP contribution in [0.1, 0.15) is 46.0 Å². The highest BCUT2D eigenvalue weighted by atomic mass is 35.5. The van der Waals surface area contributed by atoms with E-state index in [4.69, 9.17) is 11.6 Å². The van der Waals surface area contributed by atoms with Crippen LogP contribution in [0.2, 0.25) is 0 Å². The molecular weight excluding hydrogens is 505 g/mol. The maximum atomic E-state index is 14.7. The van der Waals surface area contributed by atoms with E-state index >= 15 is 0 Å². The van der Waals surface area contributed by atoms with Crippen molar-refractivity contribution in [3.05, 3.63) is 59.8 Å². The molecule has 3 aromatic rings. The molecule has 5 rings (SSSR count). The topological polar surface area (TPSA) is 110 Å². The Morgan fingerprint density at radius 1 is 1.31 bits per heavy atom. The van der Waals surface area contributed by atoms with E-state index in [0.29, 0.717) is 28.8 Å². The zero-order chi connectivity index (χ0) is 25.7. The number of pyridine rings is 1. The molecule has 2 aliphatic carbocycles. The van der Waals surface area contributed by atoms with Gasteiger partial charge in [-0.1, -0.05) is 17.7 Å². The zero-order valence-electron chi connectivity index (χ0n) is 19.9. The van der Waals surface area contributed by atoms with Crippen LogP contribution in [0.25, 0.3) is 22.4 Å². The van der Waals surface area contributed by atoms with Crippen molar-refractivity contribution < 1.29 is 17.9 Å². The van der Waals surface area contributed by atoms with Gasteiger partial charge in [-0.05, 0) is 70.2 Å². The summed E-state index contributed by atoms with van der Waals surface area (Å²) in [5.74, 6) is -0.454. The van der Waals surface area contributed by atoms with Gasteiger partial charge in [0.1, 0.15) is 4.75 Å². The molecule has 0 saturated heterocycles. The second kappa shape index (κ2) is 8.93. The van der Waals surface area contributed by atoms with Crippen LogP contribution < -0.4 is 5.32 Å². The summed E-state index contributed by atoms with van der Waals surface area (Å²) >= 11 is 6.15. The lowest BCUT2D eigenvalue weighted by Gasteiger charge is -2.34. The summed E-state index contributed by atoms with van der Waals surface area (Å²) in [4.78, 5) is 12.9. The van der Waals surface area contributed by atoms with Gasteiger partial charge in [0.05, 0.1) is 11.8 Å². The van der Waals surface area contributed by atoms with Crippen LogP contribution in [0.15, 0.2) is 54.0 Å². The summed E-state index contributed by atoms with van der Waals surface area (Å²) < 4.78 is 42.1. The van der Waals surface area contributed by atoms with Gasteiger partial charge in [0.2, 0.25) is 10.0 Å². The summed E-state index contributed by atoms with van der Waals surface area (Å²) in [6.45, 7) is 3.38. The normalized spacial score (nSPS) is 26.7. The highest BCUT2D eigenvalue weighted by Crippen LogP contribution is 2.37. The first-order valence-corrected chi connectivity index (χ1v) is 13.6. The average Bonchev–Trinajstić information content (AvgIpc) is 3.20. The summed E-state index contributed by atoms with van der Waals surface area (Å²) in [5, 5.41) is 14.4. The highest BCUT2D eigenvalue weighted by molar-refractivity contribution is 7.91. The number of allylic oxidation sites excluding steroid dienone is 3. The standard InChI is InChI=1S/C25H27ClFN5O3S/c1-24(33)9-4-7-17(13-24)30-22-20(27)14-29-21(31-22)19-15-32(23-18(19)8-5-11-28-23)36(34,35)25(2)10-3-6-16(26)12-25/h3,5-6,8,11-12,14-15,17,33H,4,7,9-10,13H2,1-2H3,(H,29,30,31)/t17-,24?,25?/m0/s1. The number of hydrogen-bond donors (Lipinski definition) is 2. The Bertz CT molecular complexity index is 1500. The lowest BCUT2D eigenvalue weighted by molar-refractivity contribution is 0.0182. The fraction of sp³-hybridized carbons (Fsp3) is 0.400. The monoisotopic (exact) mass is 531 g/mol. The van der Waals surface area contributed by atoms with Gasteiger partial charge in [0.15, 0.2) is 23.1 Å². The van der Waals surface area contributed by atoms with Crippen LogP contribution in [0, 0.1) is 5.82 Å². The first-order valence-electron chi connectivity index (χ1n) is 11.8. The Hall–Kier alpha value is -2.82. The van der Waals surface area contributed by atoms with Gasteiger partial charge in [-0.25, -0.2) is 31.7 Å². The molecule has 36 heavy (non-hydrogen) atoms. The third kappa shape index (κ3) is 4.42. The van der Waals surface area contributed by atoms with E-state index in [0.717, 1.165) is 23.0 Å². The molecule has 0 aromatic carbocycles.